The maximum Gasteiger partial charge on any atom is 0.258 e. The molecule has 0 atom stereocenters. The first-order chi connectivity index (χ1) is 12.9. The van der Waals surface area contributed by atoms with Crippen LogP contribution in [-0.2, 0) is 10.0 Å². The van der Waals surface area contributed by atoms with E-state index in [0.717, 1.165) is 50.3 Å². The zero-order chi connectivity index (χ0) is 19.4. The van der Waals surface area contributed by atoms with Crippen molar-refractivity contribution in [2.24, 2.45) is 0 Å². The van der Waals surface area contributed by atoms with E-state index in [1.807, 2.05) is 0 Å². The molecule has 2 N–H and O–H groups in total. The Hall–Kier alpha value is -1.96. The number of sulfonamides is 1. The number of hydrogen-bond acceptors (Lipinski definition) is 3. The van der Waals surface area contributed by atoms with E-state index in [4.69, 9.17) is 11.6 Å². The van der Waals surface area contributed by atoms with Crippen molar-refractivity contribution in [1.82, 2.24) is 4.72 Å². The largest absolute Gasteiger partial charge is 0.321 e. The standard InChI is InChI=1S/C19H20ClFN2O3S/c20-16-8-4-5-9-18(16)22-19(24)15-12-14(10-11-17(15)21)27(25,26)23-13-6-2-1-3-7-13/h4-5,8-13,23H,1-3,6-7H2,(H,22,24). The molecule has 0 spiro atoms. The van der Waals surface area contributed by atoms with E-state index in [-0.39, 0.29) is 16.5 Å². The topological polar surface area (TPSA) is 75.3 Å². The number of carbonyl (C=O) groups excluding carboxylic acids is 1. The number of halogens is 2. The minimum atomic E-state index is -3.84. The van der Waals surface area contributed by atoms with Crippen LogP contribution in [0.3, 0.4) is 0 Å². The molecule has 8 heteroatoms. The van der Waals surface area contributed by atoms with Crippen LogP contribution in [0.4, 0.5) is 10.1 Å². The average molecular weight is 411 g/mol. The van der Waals surface area contributed by atoms with Crippen LogP contribution in [0.15, 0.2) is 47.4 Å². The maximum atomic E-state index is 14.2. The second-order valence-corrected chi connectivity index (χ2v) is 8.65. The molecule has 0 heterocycles. The summed E-state index contributed by atoms with van der Waals surface area (Å²) in [6.07, 6.45) is 4.60. The van der Waals surface area contributed by atoms with Gasteiger partial charge in [-0.1, -0.05) is 43.0 Å². The molecule has 0 aliphatic heterocycles. The SMILES string of the molecule is O=C(Nc1ccccc1Cl)c1cc(S(=O)(=O)NC2CCCCC2)ccc1F. The predicted octanol–water partition coefficient (Wildman–Crippen LogP) is 4.34. The van der Waals surface area contributed by atoms with Gasteiger partial charge in [0, 0.05) is 6.04 Å². The molecule has 144 valence electrons. The lowest BCUT2D eigenvalue weighted by Gasteiger charge is -2.22. The highest BCUT2D eigenvalue weighted by Crippen LogP contribution is 2.24. The van der Waals surface area contributed by atoms with Crippen molar-refractivity contribution in [3.63, 3.8) is 0 Å². The normalized spacial score (nSPS) is 15.5. The van der Waals surface area contributed by atoms with Gasteiger partial charge < -0.3 is 5.32 Å². The molecule has 0 radical (unpaired) electrons. The van der Waals surface area contributed by atoms with E-state index >= 15 is 0 Å². The molecule has 1 aliphatic rings. The van der Waals surface area contributed by atoms with Crippen LogP contribution >= 0.6 is 11.6 Å². The van der Waals surface area contributed by atoms with Crippen LogP contribution in [0.2, 0.25) is 5.02 Å². The Morgan fingerprint density at radius 1 is 1.07 bits per heavy atom. The van der Waals surface area contributed by atoms with E-state index in [9.17, 15) is 17.6 Å². The summed E-state index contributed by atoms with van der Waals surface area (Å²) in [6, 6.07) is 9.59. The van der Waals surface area contributed by atoms with Crippen molar-refractivity contribution in [3.8, 4) is 0 Å². The van der Waals surface area contributed by atoms with Crippen LogP contribution in [0, 0.1) is 5.82 Å². The number of para-hydroxylation sites is 1. The lowest BCUT2D eigenvalue weighted by molar-refractivity contribution is 0.102. The third-order valence-electron chi connectivity index (χ3n) is 4.54. The molecule has 1 aliphatic carbocycles. The van der Waals surface area contributed by atoms with Crippen molar-refractivity contribution in [3.05, 3.63) is 58.9 Å². The van der Waals surface area contributed by atoms with Crippen LogP contribution < -0.4 is 10.0 Å². The second kappa shape index (κ2) is 8.37. The number of benzene rings is 2. The van der Waals surface area contributed by atoms with Crippen LogP contribution in [-0.4, -0.2) is 20.4 Å². The van der Waals surface area contributed by atoms with Gasteiger partial charge in [-0.2, -0.15) is 0 Å². The van der Waals surface area contributed by atoms with Crippen molar-refractivity contribution < 1.29 is 17.6 Å². The summed E-state index contributed by atoms with van der Waals surface area (Å²) < 4.78 is 42.0. The molecule has 27 heavy (non-hydrogen) atoms. The molecule has 1 fully saturated rings. The molecule has 5 nitrogen and oxygen atoms in total. The Balaban J connectivity index is 1.83. The van der Waals surface area contributed by atoms with Gasteiger partial charge >= 0.3 is 0 Å². The molecular weight excluding hydrogens is 391 g/mol. The number of hydrogen-bond donors (Lipinski definition) is 2. The fourth-order valence-electron chi connectivity index (χ4n) is 3.11. The van der Waals surface area contributed by atoms with Gasteiger partial charge in [-0.25, -0.2) is 17.5 Å². The number of amides is 1. The fourth-order valence-corrected chi connectivity index (χ4v) is 4.62. The summed E-state index contributed by atoms with van der Waals surface area (Å²) in [4.78, 5) is 12.3. The monoisotopic (exact) mass is 410 g/mol. The first kappa shape index (κ1) is 19.8. The zero-order valence-electron chi connectivity index (χ0n) is 14.5. The number of carbonyl (C=O) groups is 1. The minimum Gasteiger partial charge on any atom is -0.321 e. The van der Waals surface area contributed by atoms with Gasteiger partial charge in [0.2, 0.25) is 10.0 Å². The quantitative estimate of drug-likeness (QED) is 0.769. The molecule has 2 aromatic carbocycles. The summed E-state index contributed by atoms with van der Waals surface area (Å²) in [6.45, 7) is 0. The lowest BCUT2D eigenvalue weighted by atomic mass is 9.96. The number of anilines is 1. The van der Waals surface area contributed by atoms with E-state index < -0.39 is 21.7 Å². The summed E-state index contributed by atoms with van der Waals surface area (Å²) in [5, 5.41) is 2.80. The van der Waals surface area contributed by atoms with Crippen molar-refractivity contribution in [2.75, 3.05) is 5.32 Å². The first-order valence-electron chi connectivity index (χ1n) is 8.74. The van der Waals surface area contributed by atoms with Crippen molar-refractivity contribution in [2.45, 2.75) is 43.0 Å². The predicted molar refractivity (Wildman–Crippen MR) is 103 cm³/mol. The van der Waals surface area contributed by atoms with Gasteiger partial charge in [0.25, 0.3) is 5.91 Å². The fraction of sp³-hybridized carbons (Fsp3) is 0.316. The number of nitrogens with one attached hydrogen (secondary N) is 2. The van der Waals surface area contributed by atoms with E-state index in [0.29, 0.717) is 10.7 Å². The van der Waals surface area contributed by atoms with Crippen LogP contribution in [0.25, 0.3) is 0 Å². The molecule has 0 saturated heterocycles. The molecule has 0 aromatic heterocycles. The highest BCUT2D eigenvalue weighted by Gasteiger charge is 2.24. The van der Waals surface area contributed by atoms with Gasteiger partial charge in [0.1, 0.15) is 5.82 Å². The van der Waals surface area contributed by atoms with Crippen LogP contribution in [0.5, 0.6) is 0 Å². The summed E-state index contributed by atoms with van der Waals surface area (Å²) in [7, 11) is -3.84. The van der Waals surface area contributed by atoms with Crippen molar-refractivity contribution in [1.29, 1.82) is 0 Å². The molecule has 0 bridgehead atoms. The molecule has 3 rings (SSSR count). The van der Waals surface area contributed by atoms with Gasteiger partial charge in [0.15, 0.2) is 0 Å². The summed E-state index contributed by atoms with van der Waals surface area (Å²) in [5.41, 5.74) is -0.0430. The van der Waals surface area contributed by atoms with E-state index in [1.165, 1.54) is 0 Å². The Labute approximate surface area is 163 Å². The lowest BCUT2D eigenvalue weighted by Crippen LogP contribution is -2.36. The average Bonchev–Trinajstić information content (AvgIpc) is 2.64. The maximum absolute atomic E-state index is 14.2. The van der Waals surface area contributed by atoms with E-state index in [1.54, 1.807) is 24.3 Å². The molecule has 1 amide bonds. The van der Waals surface area contributed by atoms with Gasteiger partial charge in [-0.3, -0.25) is 4.79 Å². The zero-order valence-corrected chi connectivity index (χ0v) is 16.1. The molecule has 1 saturated carbocycles. The minimum absolute atomic E-state index is 0.130. The third kappa shape index (κ3) is 4.86. The van der Waals surface area contributed by atoms with E-state index in [2.05, 4.69) is 10.0 Å². The van der Waals surface area contributed by atoms with Crippen molar-refractivity contribution >= 4 is 33.2 Å². The second-order valence-electron chi connectivity index (χ2n) is 6.53. The summed E-state index contributed by atoms with van der Waals surface area (Å²) in [5.74, 6) is -1.58. The molecule has 0 unspecified atom stereocenters. The molecule has 2 aromatic rings. The highest BCUT2D eigenvalue weighted by molar-refractivity contribution is 7.89. The Bertz CT molecular complexity index is 944. The highest BCUT2D eigenvalue weighted by atomic mass is 35.5. The Morgan fingerprint density at radius 3 is 2.48 bits per heavy atom. The number of rotatable bonds is 5. The van der Waals surface area contributed by atoms with Gasteiger partial charge in [-0.05, 0) is 43.2 Å². The Morgan fingerprint density at radius 2 is 1.78 bits per heavy atom. The summed E-state index contributed by atoms with van der Waals surface area (Å²) >= 11 is 5.99. The Kier molecular flexibility index (Phi) is 6.14. The third-order valence-corrected chi connectivity index (χ3v) is 6.39. The van der Waals surface area contributed by atoms with Gasteiger partial charge in [0.05, 0.1) is 21.2 Å². The van der Waals surface area contributed by atoms with Crippen LogP contribution in [0.1, 0.15) is 42.5 Å². The first-order valence-corrected chi connectivity index (χ1v) is 10.6. The smallest absolute Gasteiger partial charge is 0.258 e. The molecular formula is C19H20ClFN2O3S. The van der Waals surface area contributed by atoms with Gasteiger partial charge in [-0.15, -0.1) is 0 Å².